The summed E-state index contributed by atoms with van der Waals surface area (Å²) in [7, 11) is 0. The minimum absolute atomic E-state index is 0.0344. The average Bonchev–Trinajstić information content (AvgIpc) is 3.65. The molecule has 0 spiro atoms. The summed E-state index contributed by atoms with van der Waals surface area (Å²) in [6.07, 6.45) is -1.72. The first-order valence-corrected chi connectivity index (χ1v) is 11.8. The molecule has 190 valence electrons. The van der Waals surface area contributed by atoms with E-state index in [-0.39, 0.29) is 24.2 Å². The van der Waals surface area contributed by atoms with Crippen molar-refractivity contribution in [3.8, 4) is 0 Å². The highest BCUT2D eigenvalue weighted by molar-refractivity contribution is 6.04. The standard InChI is InChI=1S/C25H25F3N4O4/c26-25(27,28)17-4-1-3-16(13-17)22(34)30-23-29-19-14-18(7-8-20(19)32(23)10-2-12-33)31-11-9-21(15-5-6-15)36-24(31)35/h1,3-4,7-8,13-15,21,33H,2,5-6,9-12H2,(H,29,30,34). The number of ether oxygens (including phenoxy) is 1. The van der Waals surface area contributed by atoms with Crippen LogP contribution in [0.5, 0.6) is 0 Å². The number of aryl methyl sites for hydroxylation is 1. The fraction of sp³-hybridized carbons (Fsp3) is 0.400. The lowest BCUT2D eigenvalue weighted by Gasteiger charge is -2.31. The number of nitrogens with zero attached hydrogens (tertiary/aromatic N) is 3. The van der Waals surface area contributed by atoms with E-state index in [2.05, 4.69) is 10.3 Å². The number of anilines is 2. The summed E-state index contributed by atoms with van der Waals surface area (Å²) in [4.78, 5) is 31.4. The molecule has 36 heavy (non-hydrogen) atoms. The van der Waals surface area contributed by atoms with Crippen LogP contribution in [0.25, 0.3) is 11.0 Å². The van der Waals surface area contributed by atoms with Gasteiger partial charge < -0.3 is 14.4 Å². The first-order chi connectivity index (χ1) is 17.2. The first kappa shape index (κ1) is 24.1. The summed E-state index contributed by atoms with van der Waals surface area (Å²) >= 11 is 0. The molecule has 8 nitrogen and oxygen atoms in total. The number of alkyl halides is 3. The van der Waals surface area contributed by atoms with Crippen LogP contribution in [0.2, 0.25) is 0 Å². The van der Waals surface area contributed by atoms with E-state index in [0.29, 0.717) is 42.1 Å². The first-order valence-electron chi connectivity index (χ1n) is 11.8. The molecule has 5 rings (SSSR count). The number of imidazole rings is 1. The van der Waals surface area contributed by atoms with Crippen LogP contribution in [0.3, 0.4) is 0 Å². The molecule has 2 heterocycles. The Morgan fingerprint density at radius 2 is 1.97 bits per heavy atom. The fourth-order valence-corrected chi connectivity index (χ4v) is 4.48. The second kappa shape index (κ2) is 9.45. The predicted octanol–water partition coefficient (Wildman–Crippen LogP) is 4.82. The number of hydrogen-bond acceptors (Lipinski definition) is 5. The molecular weight excluding hydrogens is 477 g/mol. The van der Waals surface area contributed by atoms with Crippen LogP contribution in [0.1, 0.15) is 41.6 Å². The highest BCUT2D eigenvalue weighted by Crippen LogP contribution is 2.38. The van der Waals surface area contributed by atoms with Gasteiger partial charge in [-0.25, -0.2) is 9.78 Å². The van der Waals surface area contributed by atoms with Crippen molar-refractivity contribution in [2.45, 2.75) is 44.5 Å². The van der Waals surface area contributed by atoms with Gasteiger partial charge in [0.15, 0.2) is 0 Å². The molecule has 2 N–H and O–H groups in total. The maximum absolute atomic E-state index is 13.1. The molecule has 3 aromatic rings. The van der Waals surface area contributed by atoms with Gasteiger partial charge in [0.25, 0.3) is 5.91 Å². The molecular formula is C25H25F3N4O4. The Hall–Kier alpha value is -3.60. The second-order valence-electron chi connectivity index (χ2n) is 9.07. The van der Waals surface area contributed by atoms with E-state index >= 15 is 0 Å². The molecule has 0 bridgehead atoms. The Bertz CT molecular complexity index is 1300. The number of benzene rings is 2. The molecule has 1 aliphatic carbocycles. The number of aromatic nitrogens is 2. The highest BCUT2D eigenvalue weighted by atomic mass is 19.4. The second-order valence-corrected chi connectivity index (χ2v) is 9.07. The van der Waals surface area contributed by atoms with Crippen molar-refractivity contribution < 1.29 is 32.6 Å². The Morgan fingerprint density at radius 1 is 1.17 bits per heavy atom. The SMILES string of the molecule is O=C(Nc1nc2cc(N3CCC(C4CC4)OC3=O)ccc2n1CCCO)c1cccc(C(F)(F)F)c1. The number of hydrogen-bond donors (Lipinski definition) is 2. The van der Waals surface area contributed by atoms with Crippen molar-refractivity contribution in [1.29, 1.82) is 0 Å². The zero-order valence-electron chi connectivity index (χ0n) is 19.3. The molecule has 1 aliphatic heterocycles. The average molecular weight is 502 g/mol. The molecule has 1 atom stereocenters. The monoisotopic (exact) mass is 502 g/mol. The Balaban J connectivity index is 1.42. The fourth-order valence-electron chi connectivity index (χ4n) is 4.48. The number of aliphatic hydroxyl groups excluding tert-OH is 1. The van der Waals surface area contributed by atoms with E-state index in [0.717, 1.165) is 31.4 Å². The third-order valence-electron chi connectivity index (χ3n) is 6.52. The number of fused-ring (bicyclic) bond motifs is 1. The van der Waals surface area contributed by atoms with Crippen molar-refractivity contribution in [3.05, 3.63) is 53.6 Å². The van der Waals surface area contributed by atoms with Gasteiger partial charge in [-0.3, -0.25) is 15.0 Å². The third kappa shape index (κ3) is 4.88. The number of aliphatic hydroxyl groups is 1. The number of rotatable bonds is 7. The molecule has 2 aromatic carbocycles. The molecule has 0 radical (unpaired) electrons. The van der Waals surface area contributed by atoms with Crippen molar-refractivity contribution in [2.75, 3.05) is 23.4 Å². The van der Waals surface area contributed by atoms with E-state index in [1.54, 1.807) is 27.7 Å². The van der Waals surface area contributed by atoms with Gasteiger partial charge >= 0.3 is 12.3 Å². The largest absolute Gasteiger partial charge is 0.445 e. The minimum atomic E-state index is -4.57. The van der Waals surface area contributed by atoms with Crippen LogP contribution in [0.15, 0.2) is 42.5 Å². The molecule has 11 heteroatoms. The lowest BCUT2D eigenvalue weighted by atomic mass is 10.1. The highest BCUT2D eigenvalue weighted by Gasteiger charge is 2.38. The molecule has 1 unspecified atom stereocenters. The lowest BCUT2D eigenvalue weighted by Crippen LogP contribution is -2.42. The van der Waals surface area contributed by atoms with Gasteiger partial charge in [0.05, 0.1) is 16.6 Å². The number of carbonyl (C=O) groups is 2. The number of cyclic esters (lactones) is 1. The van der Waals surface area contributed by atoms with Gasteiger partial charge in [-0.1, -0.05) is 6.07 Å². The Morgan fingerprint density at radius 3 is 2.67 bits per heavy atom. The van der Waals surface area contributed by atoms with Gasteiger partial charge in [-0.2, -0.15) is 13.2 Å². The quantitative estimate of drug-likeness (QED) is 0.483. The van der Waals surface area contributed by atoms with Crippen molar-refractivity contribution >= 4 is 34.7 Å². The topological polar surface area (TPSA) is 96.7 Å². The van der Waals surface area contributed by atoms with Gasteiger partial charge in [0, 0.05) is 37.4 Å². The molecule has 2 aliphatic rings. The third-order valence-corrected chi connectivity index (χ3v) is 6.52. The molecule has 2 amide bonds. The van der Waals surface area contributed by atoms with Crippen molar-refractivity contribution in [3.63, 3.8) is 0 Å². The number of nitrogens with one attached hydrogen (secondary N) is 1. The smallest absolute Gasteiger partial charge is 0.416 e. The van der Waals surface area contributed by atoms with E-state index in [1.807, 2.05) is 0 Å². The zero-order valence-corrected chi connectivity index (χ0v) is 19.3. The molecule has 1 saturated carbocycles. The summed E-state index contributed by atoms with van der Waals surface area (Å²) < 4.78 is 46.5. The van der Waals surface area contributed by atoms with Gasteiger partial charge in [0.1, 0.15) is 6.10 Å². The molecule has 1 saturated heterocycles. The lowest BCUT2D eigenvalue weighted by molar-refractivity contribution is -0.137. The summed E-state index contributed by atoms with van der Waals surface area (Å²) in [5.74, 6) is -0.149. The Kier molecular flexibility index (Phi) is 6.33. The normalized spacial score (nSPS) is 18.4. The van der Waals surface area contributed by atoms with Crippen LogP contribution in [0, 0.1) is 5.92 Å². The van der Waals surface area contributed by atoms with Crippen molar-refractivity contribution in [1.82, 2.24) is 9.55 Å². The summed E-state index contributed by atoms with van der Waals surface area (Å²) in [5.41, 5.74) is 0.650. The van der Waals surface area contributed by atoms with Gasteiger partial charge in [-0.15, -0.1) is 0 Å². The number of halogens is 3. The van der Waals surface area contributed by atoms with Crippen LogP contribution in [0.4, 0.5) is 29.6 Å². The van der Waals surface area contributed by atoms with Crippen LogP contribution >= 0.6 is 0 Å². The number of carbonyl (C=O) groups excluding carboxylic acids is 2. The van der Waals surface area contributed by atoms with Crippen LogP contribution in [-0.2, 0) is 17.5 Å². The van der Waals surface area contributed by atoms with Gasteiger partial charge in [0.2, 0.25) is 5.95 Å². The van der Waals surface area contributed by atoms with Crippen LogP contribution < -0.4 is 10.2 Å². The van der Waals surface area contributed by atoms with Crippen molar-refractivity contribution in [2.24, 2.45) is 5.92 Å². The van der Waals surface area contributed by atoms with E-state index in [9.17, 15) is 27.9 Å². The zero-order chi connectivity index (χ0) is 25.4. The summed E-state index contributed by atoms with van der Waals surface area (Å²) in [6.45, 7) is 0.746. The predicted molar refractivity (Wildman–Crippen MR) is 126 cm³/mol. The minimum Gasteiger partial charge on any atom is -0.445 e. The van der Waals surface area contributed by atoms with Crippen LogP contribution in [-0.4, -0.2) is 45.9 Å². The van der Waals surface area contributed by atoms with E-state index in [1.165, 1.54) is 12.1 Å². The molecule has 1 aromatic heterocycles. The maximum atomic E-state index is 13.1. The summed E-state index contributed by atoms with van der Waals surface area (Å²) in [6, 6.07) is 9.37. The maximum Gasteiger partial charge on any atom is 0.416 e. The Labute approximate surface area is 204 Å². The van der Waals surface area contributed by atoms with E-state index < -0.39 is 23.7 Å². The number of amides is 2. The summed E-state index contributed by atoms with van der Waals surface area (Å²) in [5, 5.41) is 11.9. The molecule has 2 fully saturated rings. The van der Waals surface area contributed by atoms with Gasteiger partial charge in [-0.05, 0) is 61.6 Å². The van der Waals surface area contributed by atoms with E-state index in [4.69, 9.17) is 4.74 Å².